The summed E-state index contributed by atoms with van der Waals surface area (Å²) in [6.45, 7) is 0. The standard InChI is InChI=1S/C11H6BrO.C11H7O.Al.BrH/c12-11-4-3-9-5-8(7-13)1-2-10(9)6-11;12-8-9-5-6-10-3-1-2-4-11(10)7-9;;/h1-6H;1-7H;;1H/q;;+1;/p-1. The maximum atomic E-state index is 12.9. The summed E-state index contributed by atoms with van der Waals surface area (Å²) in [4.78, 5) is 25.8. The van der Waals surface area contributed by atoms with E-state index in [-0.39, 0.29) is 9.29 Å². The number of rotatable bonds is 4. The van der Waals surface area contributed by atoms with Crippen LogP contribution in [0.4, 0.5) is 0 Å². The van der Waals surface area contributed by atoms with Gasteiger partial charge in [-0.3, -0.25) is 0 Å². The van der Waals surface area contributed by atoms with Gasteiger partial charge in [0.1, 0.15) is 9.29 Å². The van der Waals surface area contributed by atoms with E-state index in [2.05, 4.69) is 30.0 Å². The van der Waals surface area contributed by atoms with Crippen LogP contribution in [-0.4, -0.2) is 21.6 Å². The first-order chi connectivity index (χ1) is 13.0. The van der Waals surface area contributed by atoms with Crippen molar-refractivity contribution in [1.82, 2.24) is 0 Å². The van der Waals surface area contributed by atoms with Crippen LogP contribution in [0.25, 0.3) is 21.5 Å². The SMILES string of the molecule is O=[C](c1ccc2ccccc2c1)[Al]([Br])[C](=O)c1ccc2cc(Br)ccc2c1. The van der Waals surface area contributed by atoms with Crippen LogP contribution in [0.5, 0.6) is 0 Å². The zero-order valence-electron chi connectivity index (χ0n) is 14.2. The average Bonchev–Trinajstić information content (AvgIpc) is 2.71. The van der Waals surface area contributed by atoms with Crippen LogP contribution < -0.4 is 0 Å². The first-order valence-corrected chi connectivity index (χ1v) is 13.6. The van der Waals surface area contributed by atoms with Gasteiger partial charge >= 0.3 is 12.3 Å². The highest BCUT2D eigenvalue weighted by Crippen LogP contribution is 2.23. The lowest BCUT2D eigenvalue weighted by atomic mass is 10.1. The third kappa shape index (κ3) is 3.79. The van der Waals surface area contributed by atoms with Crippen molar-refractivity contribution in [2.24, 2.45) is 0 Å². The molecule has 0 spiro atoms. The number of carbonyl (C=O) groups is 2. The van der Waals surface area contributed by atoms with E-state index in [4.69, 9.17) is 0 Å². The first kappa shape index (κ1) is 18.6. The lowest BCUT2D eigenvalue weighted by Crippen LogP contribution is -2.30. The highest BCUT2D eigenvalue weighted by molar-refractivity contribution is 9.26. The van der Waals surface area contributed by atoms with E-state index < -0.39 is 12.3 Å². The van der Waals surface area contributed by atoms with E-state index in [1.807, 2.05) is 66.7 Å². The van der Waals surface area contributed by atoms with E-state index in [0.717, 1.165) is 26.0 Å². The summed E-state index contributed by atoms with van der Waals surface area (Å²) in [6, 6.07) is 25.0. The minimum absolute atomic E-state index is 0.0957. The summed E-state index contributed by atoms with van der Waals surface area (Å²) in [5, 5.41) is 4.11. The summed E-state index contributed by atoms with van der Waals surface area (Å²) in [5.74, 6) is 0. The molecule has 0 aromatic heterocycles. The number of hydrogen-bond acceptors (Lipinski definition) is 2. The number of fused-ring (bicyclic) bond motifs is 2. The minimum Gasteiger partial charge on any atom is -0.313 e. The summed E-state index contributed by atoms with van der Waals surface area (Å²) < 4.78 is 0.799. The fraction of sp³-hybridized carbons (Fsp3) is 0. The van der Waals surface area contributed by atoms with Crippen molar-refractivity contribution in [3.63, 3.8) is 0 Å². The number of halogens is 2. The number of benzene rings is 4. The zero-order valence-corrected chi connectivity index (χ0v) is 18.5. The minimum atomic E-state index is -2.49. The molecule has 0 amide bonds. The molecule has 0 atom stereocenters. The van der Waals surface area contributed by atoms with Crippen LogP contribution in [0.1, 0.15) is 20.7 Å². The van der Waals surface area contributed by atoms with E-state index in [0.29, 0.717) is 11.1 Å². The van der Waals surface area contributed by atoms with Gasteiger partial charge < -0.3 is 9.59 Å². The normalized spacial score (nSPS) is 10.9. The van der Waals surface area contributed by atoms with Crippen LogP contribution in [0.2, 0.25) is 0 Å². The number of hydrogen-bond donors (Lipinski definition) is 0. The second kappa shape index (κ2) is 7.69. The predicted octanol–water partition coefficient (Wildman–Crippen LogP) is 6.29. The molecule has 27 heavy (non-hydrogen) atoms. The molecule has 130 valence electrons. The average molecular weight is 496 g/mol. The van der Waals surface area contributed by atoms with Gasteiger partial charge in [0.2, 0.25) is 0 Å². The molecule has 4 aromatic rings. The second-order valence-corrected chi connectivity index (χ2v) is 11.8. The molecule has 0 fully saturated rings. The molecule has 0 radical (unpaired) electrons. The van der Waals surface area contributed by atoms with E-state index in [1.165, 1.54) is 0 Å². The molecule has 4 rings (SSSR count). The summed E-state index contributed by atoms with van der Waals surface area (Å²) >= 11 is 4.42. The Hall–Kier alpha value is -1.77. The van der Waals surface area contributed by atoms with Crippen LogP contribution >= 0.6 is 30.0 Å². The van der Waals surface area contributed by atoms with Crippen LogP contribution in [0.3, 0.4) is 0 Å². The molecule has 0 saturated heterocycles. The molecule has 0 aliphatic rings. The van der Waals surface area contributed by atoms with E-state index in [1.54, 1.807) is 12.1 Å². The first-order valence-electron chi connectivity index (χ1n) is 8.43. The second-order valence-electron chi connectivity index (χ2n) is 6.36. The molecule has 4 aromatic carbocycles. The Bertz CT molecular complexity index is 1200. The largest absolute Gasteiger partial charge is 0.560 e. The van der Waals surface area contributed by atoms with Gasteiger partial charge in [0, 0.05) is 15.6 Å². The maximum Gasteiger partial charge on any atom is 0.560 e. The quantitative estimate of drug-likeness (QED) is 0.312. The molecule has 0 aliphatic heterocycles. The Labute approximate surface area is 176 Å². The lowest BCUT2D eigenvalue weighted by molar-refractivity contribution is 0.104. The lowest BCUT2D eigenvalue weighted by Gasteiger charge is -2.07. The van der Waals surface area contributed by atoms with Gasteiger partial charge in [-0.05, 0) is 45.8 Å². The Morgan fingerprint density at radius 1 is 0.630 bits per heavy atom. The summed E-state index contributed by atoms with van der Waals surface area (Å²) in [5.41, 5.74) is 1.16. The van der Waals surface area contributed by atoms with Crippen molar-refractivity contribution in [2.45, 2.75) is 0 Å². The molecule has 0 bridgehead atoms. The molecule has 0 heterocycles. The van der Waals surface area contributed by atoms with Gasteiger partial charge in [0.25, 0.3) is 0 Å². The fourth-order valence-electron chi connectivity index (χ4n) is 3.12. The summed E-state index contributed by atoms with van der Waals surface area (Å²) in [7, 11) is 0. The molecule has 0 saturated carbocycles. The maximum absolute atomic E-state index is 12.9. The fourth-order valence-corrected chi connectivity index (χ4v) is 6.27. The van der Waals surface area contributed by atoms with Crippen molar-refractivity contribution in [3.8, 4) is 0 Å². The van der Waals surface area contributed by atoms with Crippen molar-refractivity contribution in [1.29, 1.82) is 0 Å². The van der Waals surface area contributed by atoms with E-state index in [9.17, 15) is 9.59 Å². The van der Waals surface area contributed by atoms with Gasteiger partial charge in [-0.15, -0.1) is 0 Å². The molecule has 0 aliphatic carbocycles. The predicted molar refractivity (Wildman–Crippen MR) is 119 cm³/mol. The topological polar surface area (TPSA) is 34.1 Å². The van der Waals surface area contributed by atoms with Crippen molar-refractivity contribution in [3.05, 3.63) is 94.5 Å². The Morgan fingerprint density at radius 3 is 1.78 bits per heavy atom. The smallest absolute Gasteiger partial charge is 0.313 e. The highest BCUT2D eigenvalue weighted by Gasteiger charge is 2.35. The molecule has 2 nitrogen and oxygen atoms in total. The third-order valence-electron chi connectivity index (χ3n) is 4.58. The molecule has 0 N–H and O–H groups in total. The molecule has 0 unspecified atom stereocenters. The van der Waals surface area contributed by atoms with Crippen LogP contribution in [0.15, 0.2) is 83.3 Å². The highest BCUT2D eigenvalue weighted by atomic mass is 79.9. The molecule has 5 heteroatoms. The van der Waals surface area contributed by atoms with Gasteiger partial charge in [-0.1, -0.05) is 70.5 Å². The molecular weight excluding hydrogens is 483 g/mol. The third-order valence-corrected chi connectivity index (χ3v) is 9.16. The van der Waals surface area contributed by atoms with Crippen LogP contribution in [-0.2, 0) is 0 Å². The van der Waals surface area contributed by atoms with Gasteiger partial charge in [0.15, 0.2) is 0 Å². The van der Waals surface area contributed by atoms with Crippen molar-refractivity contribution in [2.75, 3.05) is 0 Å². The van der Waals surface area contributed by atoms with Crippen molar-refractivity contribution < 1.29 is 9.59 Å². The Balaban J connectivity index is 1.64. The Kier molecular flexibility index (Phi) is 5.30. The number of carbonyl (C=O) groups excluding carboxylic acids is 2. The summed E-state index contributed by atoms with van der Waals surface area (Å²) in [6.07, 6.45) is 0. The zero-order chi connectivity index (χ0) is 19.0. The van der Waals surface area contributed by atoms with Gasteiger partial charge in [-0.25, -0.2) is 0 Å². The van der Waals surface area contributed by atoms with Gasteiger partial charge in [0.05, 0.1) is 0 Å². The Morgan fingerprint density at radius 2 is 1.11 bits per heavy atom. The monoisotopic (exact) mass is 494 g/mol. The molecular formula is C22H13AlBr2O2. The van der Waals surface area contributed by atoms with E-state index >= 15 is 0 Å². The van der Waals surface area contributed by atoms with Crippen molar-refractivity contribution >= 4 is 73.1 Å². The van der Waals surface area contributed by atoms with Gasteiger partial charge in [-0.2, -0.15) is 14.1 Å². The van der Waals surface area contributed by atoms with Crippen LogP contribution in [0, 0.1) is 0 Å².